The molecule has 0 aromatic heterocycles. The van der Waals surface area contributed by atoms with Crippen LogP contribution in [0.25, 0.3) is 0 Å². The van der Waals surface area contributed by atoms with Gasteiger partial charge in [0.2, 0.25) is 21.8 Å². The summed E-state index contributed by atoms with van der Waals surface area (Å²) in [6, 6.07) is 24.2. The molecule has 0 aliphatic rings. The molecule has 0 unspecified atom stereocenters. The van der Waals surface area contributed by atoms with E-state index in [0.29, 0.717) is 18.5 Å². The summed E-state index contributed by atoms with van der Waals surface area (Å²) in [5.41, 5.74) is 4.52. The van der Waals surface area contributed by atoms with Crippen LogP contribution < -0.4 is 9.62 Å². The van der Waals surface area contributed by atoms with E-state index in [1.807, 2.05) is 100 Å². The van der Waals surface area contributed by atoms with Crippen LogP contribution in [-0.2, 0) is 32.6 Å². The van der Waals surface area contributed by atoms with Gasteiger partial charge >= 0.3 is 0 Å². The van der Waals surface area contributed by atoms with Gasteiger partial charge in [0.25, 0.3) is 0 Å². The monoisotopic (exact) mass is 577 g/mol. The highest BCUT2D eigenvalue weighted by atomic mass is 32.2. The van der Waals surface area contributed by atoms with Crippen LogP contribution in [0.1, 0.15) is 55.4 Å². The van der Waals surface area contributed by atoms with Gasteiger partial charge in [-0.1, -0.05) is 79.2 Å². The van der Waals surface area contributed by atoms with Crippen LogP contribution in [0.3, 0.4) is 0 Å². The molecule has 0 saturated heterocycles. The number of carbonyl (C=O) groups excluding carboxylic acids is 2. The molecule has 0 fully saturated rings. The summed E-state index contributed by atoms with van der Waals surface area (Å²) < 4.78 is 26.6. The number of sulfonamides is 1. The average molecular weight is 578 g/mol. The molecule has 1 N–H and O–H groups in total. The van der Waals surface area contributed by atoms with Gasteiger partial charge in [0.05, 0.1) is 11.9 Å². The minimum atomic E-state index is -3.55. The molecule has 2 amide bonds. The Morgan fingerprint density at radius 2 is 1.56 bits per heavy atom. The normalized spacial score (nSPS) is 12.8. The lowest BCUT2D eigenvalue weighted by molar-refractivity contribution is -0.141. The molecule has 0 bridgehead atoms. The van der Waals surface area contributed by atoms with Crippen molar-refractivity contribution < 1.29 is 18.0 Å². The molecule has 8 heteroatoms. The first-order valence-corrected chi connectivity index (χ1v) is 16.1. The topological polar surface area (TPSA) is 86.8 Å². The van der Waals surface area contributed by atoms with E-state index in [1.54, 1.807) is 11.0 Å². The number of aryl methyl sites for hydroxylation is 2. The number of rotatable bonds is 14. The molecule has 0 aliphatic carbocycles. The third-order valence-electron chi connectivity index (χ3n) is 7.19. The van der Waals surface area contributed by atoms with Gasteiger partial charge in [0.15, 0.2) is 0 Å². The van der Waals surface area contributed by atoms with Crippen LogP contribution in [0.15, 0.2) is 78.9 Å². The summed E-state index contributed by atoms with van der Waals surface area (Å²) in [7, 11) is -3.55. The smallest absolute Gasteiger partial charge is 0.243 e. The maximum Gasteiger partial charge on any atom is 0.243 e. The highest BCUT2D eigenvalue weighted by Gasteiger charge is 2.31. The zero-order valence-electron chi connectivity index (χ0n) is 24.8. The van der Waals surface area contributed by atoms with Crippen molar-refractivity contribution in [2.45, 2.75) is 72.0 Å². The molecular formula is C33H43N3O4S. The molecule has 220 valence electrons. The Kier molecular flexibility index (Phi) is 11.5. The molecule has 0 spiro atoms. The number of anilines is 1. The second-order valence-electron chi connectivity index (χ2n) is 10.8. The Hall–Kier alpha value is -3.65. The SMILES string of the molecule is CC[C@@H](C)NC(=O)[C@H](Cc1ccccc1)N(Cc1ccc(C)cc1)C(=O)CCCN(c1cccc(C)c1)S(C)(=O)=O. The second-order valence-corrected chi connectivity index (χ2v) is 12.7. The maximum absolute atomic E-state index is 13.9. The van der Waals surface area contributed by atoms with E-state index in [2.05, 4.69) is 5.32 Å². The number of nitrogens with one attached hydrogen (secondary N) is 1. The standard InChI is InChI=1S/C33H43N3O4S/c1-6-27(4)34-33(38)31(23-28-13-8-7-9-14-28)35(24-29-19-17-25(2)18-20-29)32(37)16-11-21-36(41(5,39)40)30-15-10-12-26(3)22-30/h7-10,12-15,17-20,22,27,31H,6,11,16,21,23-24H2,1-5H3,(H,34,38)/t27-,31+/m1/s1. The van der Waals surface area contributed by atoms with E-state index in [4.69, 9.17) is 0 Å². The van der Waals surface area contributed by atoms with Crippen molar-refractivity contribution >= 4 is 27.5 Å². The largest absolute Gasteiger partial charge is 0.352 e. The molecular weight excluding hydrogens is 534 g/mol. The lowest BCUT2D eigenvalue weighted by atomic mass is 10.0. The van der Waals surface area contributed by atoms with Crippen molar-refractivity contribution in [3.05, 3.63) is 101 Å². The number of hydrogen-bond donors (Lipinski definition) is 1. The van der Waals surface area contributed by atoms with Crippen molar-refractivity contribution in [1.82, 2.24) is 10.2 Å². The van der Waals surface area contributed by atoms with Gasteiger partial charge in [-0.25, -0.2) is 8.42 Å². The number of benzene rings is 3. The molecule has 0 radical (unpaired) electrons. The Morgan fingerprint density at radius 3 is 2.17 bits per heavy atom. The predicted molar refractivity (Wildman–Crippen MR) is 166 cm³/mol. The first kappa shape index (κ1) is 31.9. The van der Waals surface area contributed by atoms with Crippen LogP contribution in [0.5, 0.6) is 0 Å². The minimum absolute atomic E-state index is 0.0326. The van der Waals surface area contributed by atoms with Crippen LogP contribution in [-0.4, -0.2) is 50.0 Å². The van der Waals surface area contributed by atoms with E-state index < -0.39 is 16.1 Å². The Morgan fingerprint density at radius 1 is 0.878 bits per heavy atom. The van der Waals surface area contributed by atoms with Gasteiger partial charge in [0, 0.05) is 32.0 Å². The van der Waals surface area contributed by atoms with E-state index >= 15 is 0 Å². The van der Waals surface area contributed by atoms with Crippen LogP contribution in [0.4, 0.5) is 5.69 Å². The highest BCUT2D eigenvalue weighted by Crippen LogP contribution is 2.21. The van der Waals surface area contributed by atoms with E-state index in [9.17, 15) is 18.0 Å². The van der Waals surface area contributed by atoms with Gasteiger partial charge in [-0.3, -0.25) is 13.9 Å². The average Bonchev–Trinajstić information content (AvgIpc) is 2.93. The predicted octanol–water partition coefficient (Wildman–Crippen LogP) is 5.40. The Bertz CT molecular complexity index is 1390. The van der Waals surface area contributed by atoms with Crippen molar-refractivity contribution in [1.29, 1.82) is 0 Å². The number of nitrogens with zero attached hydrogens (tertiary/aromatic N) is 2. The van der Waals surface area contributed by atoms with E-state index in [1.165, 1.54) is 10.6 Å². The summed E-state index contributed by atoms with van der Waals surface area (Å²) in [6.45, 7) is 8.32. The number of hydrogen-bond acceptors (Lipinski definition) is 4. The van der Waals surface area contributed by atoms with Crippen molar-refractivity contribution in [3.63, 3.8) is 0 Å². The molecule has 2 atom stereocenters. The second kappa shape index (κ2) is 14.8. The van der Waals surface area contributed by atoms with Crippen LogP contribution in [0.2, 0.25) is 0 Å². The van der Waals surface area contributed by atoms with Gasteiger partial charge < -0.3 is 10.2 Å². The van der Waals surface area contributed by atoms with Gasteiger partial charge in [-0.05, 0) is 62.4 Å². The third-order valence-corrected chi connectivity index (χ3v) is 8.38. The fourth-order valence-electron chi connectivity index (χ4n) is 4.67. The first-order valence-electron chi connectivity index (χ1n) is 14.2. The molecule has 3 rings (SSSR count). The van der Waals surface area contributed by atoms with Crippen LogP contribution >= 0.6 is 0 Å². The summed E-state index contributed by atoms with van der Waals surface area (Å²) in [6.07, 6.45) is 2.74. The number of amides is 2. The quantitative estimate of drug-likeness (QED) is 0.278. The zero-order chi connectivity index (χ0) is 30.0. The van der Waals surface area contributed by atoms with Crippen molar-refractivity contribution in [3.8, 4) is 0 Å². The number of carbonyl (C=O) groups is 2. The summed E-state index contributed by atoms with van der Waals surface area (Å²) in [5.74, 6) is -0.385. The maximum atomic E-state index is 13.9. The molecule has 3 aromatic rings. The lowest BCUT2D eigenvalue weighted by Crippen LogP contribution is -2.52. The first-order chi connectivity index (χ1) is 19.5. The molecule has 0 heterocycles. The van der Waals surface area contributed by atoms with E-state index in [0.717, 1.165) is 28.7 Å². The van der Waals surface area contributed by atoms with Crippen molar-refractivity contribution in [2.24, 2.45) is 0 Å². The third kappa shape index (κ3) is 9.74. The van der Waals surface area contributed by atoms with Crippen LogP contribution in [0, 0.1) is 13.8 Å². The Balaban J connectivity index is 1.89. The Labute approximate surface area is 245 Å². The fourth-order valence-corrected chi connectivity index (χ4v) is 5.63. The summed E-state index contributed by atoms with van der Waals surface area (Å²) in [4.78, 5) is 29.2. The van der Waals surface area contributed by atoms with Gasteiger partial charge in [-0.15, -0.1) is 0 Å². The van der Waals surface area contributed by atoms with Crippen molar-refractivity contribution in [2.75, 3.05) is 17.1 Å². The van der Waals surface area contributed by atoms with Gasteiger partial charge in [0.1, 0.15) is 6.04 Å². The summed E-state index contributed by atoms with van der Waals surface area (Å²) >= 11 is 0. The lowest BCUT2D eigenvalue weighted by Gasteiger charge is -2.32. The summed E-state index contributed by atoms with van der Waals surface area (Å²) in [5, 5.41) is 3.08. The zero-order valence-corrected chi connectivity index (χ0v) is 25.7. The fraction of sp³-hybridized carbons (Fsp3) is 0.394. The molecule has 41 heavy (non-hydrogen) atoms. The molecule has 7 nitrogen and oxygen atoms in total. The minimum Gasteiger partial charge on any atom is -0.352 e. The van der Waals surface area contributed by atoms with E-state index in [-0.39, 0.29) is 37.4 Å². The molecule has 3 aromatic carbocycles. The highest BCUT2D eigenvalue weighted by molar-refractivity contribution is 7.92. The van der Waals surface area contributed by atoms with Gasteiger partial charge in [-0.2, -0.15) is 0 Å². The molecule has 0 saturated carbocycles. The molecule has 0 aliphatic heterocycles.